The van der Waals surface area contributed by atoms with Crippen LogP contribution in [0, 0.1) is 0 Å². The number of hydrogen-bond acceptors (Lipinski definition) is 4. The van der Waals surface area contributed by atoms with Crippen LogP contribution in [0.15, 0.2) is 24.3 Å². The number of para-hydroxylation sites is 1. The highest BCUT2D eigenvalue weighted by Gasteiger charge is 2.19. The van der Waals surface area contributed by atoms with Crippen LogP contribution in [0.25, 0.3) is 0 Å². The van der Waals surface area contributed by atoms with Gasteiger partial charge in [0.15, 0.2) is 0 Å². The lowest BCUT2D eigenvalue weighted by atomic mass is 9.94. The van der Waals surface area contributed by atoms with E-state index in [9.17, 15) is 9.90 Å². The quantitative estimate of drug-likeness (QED) is 0.613. The predicted molar refractivity (Wildman–Crippen MR) is 94.9 cm³/mol. The van der Waals surface area contributed by atoms with E-state index in [1.54, 1.807) is 0 Å². The van der Waals surface area contributed by atoms with Gasteiger partial charge >= 0.3 is 6.03 Å². The van der Waals surface area contributed by atoms with Crippen molar-refractivity contribution < 1.29 is 15.0 Å². The molecule has 1 aromatic rings. The summed E-state index contributed by atoms with van der Waals surface area (Å²) in [7, 11) is 2.14. The number of carbonyl (C=O) groups excluding carboxylic acids is 1. The smallest absolute Gasteiger partial charge is 0.319 e. The number of benzene rings is 1. The number of rotatable bonds is 7. The topological polar surface area (TPSA) is 84.8 Å². The molecule has 6 nitrogen and oxygen atoms in total. The highest BCUT2D eigenvalue weighted by molar-refractivity contribution is 5.90. The first-order chi connectivity index (χ1) is 11.6. The number of aliphatic hydroxyl groups excluding tert-OH is 2. The van der Waals surface area contributed by atoms with Crippen LogP contribution in [0.3, 0.4) is 0 Å². The Labute approximate surface area is 143 Å². The third-order valence-electron chi connectivity index (χ3n) is 4.59. The molecule has 134 valence electrons. The minimum absolute atomic E-state index is 0.0203. The summed E-state index contributed by atoms with van der Waals surface area (Å²) in [6, 6.07) is 8.00. The number of nitrogens with zero attached hydrogens (tertiary/aromatic N) is 1. The molecular weight excluding hydrogens is 306 g/mol. The lowest BCUT2D eigenvalue weighted by molar-refractivity contribution is 0.0965. The van der Waals surface area contributed by atoms with Crippen molar-refractivity contribution in [2.24, 2.45) is 0 Å². The van der Waals surface area contributed by atoms with Gasteiger partial charge in [-0.1, -0.05) is 37.5 Å². The van der Waals surface area contributed by atoms with Gasteiger partial charge in [0.25, 0.3) is 0 Å². The molecule has 1 fully saturated rings. The van der Waals surface area contributed by atoms with E-state index in [2.05, 4.69) is 22.6 Å². The van der Waals surface area contributed by atoms with Gasteiger partial charge in [-0.05, 0) is 31.5 Å². The average Bonchev–Trinajstić information content (AvgIpc) is 2.62. The third kappa shape index (κ3) is 5.78. The molecule has 0 aromatic heterocycles. The van der Waals surface area contributed by atoms with Crippen molar-refractivity contribution in [2.75, 3.05) is 25.5 Å². The zero-order chi connectivity index (χ0) is 17.4. The number of amides is 2. The second-order valence-electron chi connectivity index (χ2n) is 6.54. The molecule has 0 bridgehead atoms. The number of urea groups is 1. The Morgan fingerprint density at radius 2 is 2.00 bits per heavy atom. The molecule has 2 rings (SSSR count). The molecule has 0 saturated heterocycles. The van der Waals surface area contributed by atoms with Gasteiger partial charge in [0.2, 0.25) is 0 Å². The van der Waals surface area contributed by atoms with E-state index >= 15 is 0 Å². The third-order valence-corrected chi connectivity index (χ3v) is 4.59. The summed E-state index contributed by atoms with van der Waals surface area (Å²) in [6.07, 6.45) is 5.47. The van der Waals surface area contributed by atoms with Gasteiger partial charge in [-0.15, -0.1) is 0 Å². The molecule has 1 aliphatic carbocycles. The van der Waals surface area contributed by atoms with Gasteiger partial charge in [-0.2, -0.15) is 0 Å². The number of anilines is 1. The van der Waals surface area contributed by atoms with Crippen molar-refractivity contribution in [1.29, 1.82) is 0 Å². The number of aliphatic hydroxyl groups is 2. The molecule has 1 atom stereocenters. The summed E-state index contributed by atoms with van der Waals surface area (Å²) in [6.45, 7) is 0.440. The molecule has 1 unspecified atom stereocenters. The Balaban J connectivity index is 1.92. The Morgan fingerprint density at radius 1 is 1.29 bits per heavy atom. The Morgan fingerprint density at radius 3 is 2.71 bits per heavy atom. The van der Waals surface area contributed by atoms with E-state index in [1.165, 1.54) is 32.1 Å². The maximum Gasteiger partial charge on any atom is 0.319 e. The molecule has 1 saturated carbocycles. The van der Waals surface area contributed by atoms with Crippen molar-refractivity contribution in [3.8, 4) is 0 Å². The van der Waals surface area contributed by atoms with Crippen LogP contribution in [0.1, 0.15) is 37.7 Å². The molecule has 1 aliphatic rings. The fourth-order valence-electron chi connectivity index (χ4n) is 3.14. The minimum Gasteiger partial charge on any atom is -0.394 e. The van der Waals surface area contributed by atoms with Crippen molar-refractivity contribution in [2.45, 2.75) is 50.8 Å². The van der Waals surface area contributed by atoms with Gasteiger partial charge in [-0.3, -0.25) is 4.90 Å². The first kappa shape index (κ1) is 18.7. The largest absolute Gasteiger partial charge is 0.394 e. The zero-order valence-corrected chi connectivity index (χ0v) is 14.4. The maximum absolute atomic E-state index is 11.9. The van der Waals surface area contributed by atoms with Crippen LogP contribution < -0.4 is 10.6 Å². The summed E-state index contributed by atoms with van der Waals surface area (Å²) in [4.78, 5) is 14.3. The van der Waals surface area contributed by atoms with Crippen LogP contribution in [-0.4, -0.2) is 53.5 Å². The van der Waals surface area contributed by atoms with Crippen molar-refractivity contribution in [3.05, 3.63) is 29.8 Å². The SMILES string of the molecule is CN(Cc1ccccc1NC(=O)NCC(O)CO)C1CCCCC1. The van der Waals surface area contributed by atoms with Crippen LogP contribution in [0.5, 0.6) is 0 Å². The van der Waals surface area contributed by atoms with Gasteiger partial charge < -0.3 is 20.8 Å². The molecule has 0 aliphatic heterocycles. The lowest BCUT2D eigenvalue weighted by Crippen LogP contribution is -2.37. The zero-order valence-electron chi connectivity index (χ0n) is 14.4. The van der Waals surface area contributed by atoms with Gasteiger partial charge in [0, 0.05) is 24.8 Å². The monoisotopic (exact) mass is 335 g/mol. The lowest BCUT2D eigenvalue weighted by Gasteiger charge is -2.31. The van der Waals surface area contributed by atoms with Crippen molar-refractivity contribution in [3.63, 3.8) is 0 Å². The van der Waals surface area contributed by atoms with Crippen LogP contribution in [0.2, 0.25) is 0 Å². The molecular formula is C18H29N3O3. The highest BCUT2D eigenvalue weighted by atomic mass is 16.3. The first-order valence-corrected chi connectivity index (χ1v) is 8.72. The normalized spacial score (nSPS) is 16.8. The molecule has 1 aromatic carbocycles. The van der Waals surface area contributed by atoms with Gasteiger partial charge in [-0.25, -0.2) is 4.79 Å². The fourth-order valence-corrected chi connectivity index (χ4v) is 3.14. The predicted octanol–water partition coefficient (Wildman–Crippen LogP) is 1.93. The number of carbonyl (C=O) groups is 1. The molecule has 6 heteroatoms. The van der Waals surface area contributed by atoms with Crippen LogP contribution in [-0.2, 0) is 6.54 Å². The highest BCUT2D eigenvalue weighted by Crippen LogP contribution is 2.24. The maximum atomic E-state index is 11.9. The second kappa shape index (κ2) is 9.61. The number of nitrogens with one attached hydrogen (secondary N) is 2. The molecule has 2 amide bonds. The first-order valence-electron chi connectivity index (χ1n) is 8.72. The number of hydrogen-bond donors (Lipinski definition) is 4. The standard InChI is InChI=1S/C18H29N3O3/c1-21(15-8-3-2-4-9-15)12-14-7-5-6-10-17(14)20-18(24)19-11-16(23)13-22/h5-7,10,15-16,22-23H,2-4,8-9,11-13H2,1H3,(H2,19,20,24). The summed E-state index contributed by atoms with van der Waals surface area (Å²) < 4.78 is 0. The Bertz CT molecular complexity index is 518. The van der Waals surface area contributed by atoms with Crippen LogP contribution >= 0.6 is 0 Å². The molecule has 0 radical (unpaired) electrons. The van der Waals surface area contributed by atoms with E-state index < -0.39 is 6.10 Å². The van der Waals surface area contributed by atoms with Crippen molar-refractivity contribution >= 4 is 11.7 Å². The summed E-state index contributed by atoms with van der Waals surface area (Å²) >= 11 is 0. The van der Waals surface area contributed by atoms with E-state index in [0.29, 0.717) is 6.04 Å². The van der Waals surface area contributed by atoms with E-state index in [1.807, 2.05) is 24.3 Å². The Hall–Kier alpha value is -1.63. The Kier molecular flexibility index (Phi) is 7.49. The molecule has 24 heavy (non-hydrogen) atoms. The average molecular weight is 335 g/mol. The van der Waals surface area contributed by atoms with Crippen molar-refractivity contribution in [1.82, 2.24) is 10.2 Å². The second-order valence-corrected chi connectivity index (χ2v) is 6.54. The summed E-state index contributed by atoms with van der Waals surface area (Å²) in [5.41, 5.74) is 1.85. The molecule has 4 N–H and O–H groups in total. The van der Waals surface area contributed by atoms with Gasteiger partial charge in [0.05, 0.1) is 12.7 Å². The van der Waals surface area contributed by atoms with Crippen LogP contribution in [0.4, 0.5) is 10.5 Å². The molecule has 0 heterocycles. The fraction of sp³-hybridized carbons (Fsp3) is 0.611. The van der Waals surface area contributed by atoms with E-state index in [-0.39, 0.29) is 19.2 Å². The summed E-state index contributed by atoms with van der Waals surface area (Å²) in [5, 5.41) is 23.4. The van der Waals surface area contributed by atoms with Gasteiger partial charge in [0.1, 0.15) is 0 Å². The molecule has 0 spiro atoms. The van der Waals surface area contributed by atoms with E-state index in [0.717, 1.165) is 17.8 Å². The van der Waals surface area contributed by atoms with E-state index in [4.69, 9.17) is 5.11 Å². The summed E-state index contributed by atoms with van der Waals surface area (Å²) in [5.74, 6) is 0. The minimum atomic E-state index is -0.941.